The number of aryl methyl sites for hydroxylation is 2. The molecular weight excluding hydrogens is 448 g/mol. The molecule has 0 saturated carbocycles. The van der Waals surface area contributed by atoms with Crippen molar-refractivity contribution in [2.75, 3.05) is 18.6 Å². The quantitative estimate of drug-likeness (QED) is 0.417. The monoisotopic (exact) mass is 472 g/mol. The summed E-state index contributed by atoms with van der Waals surface area (Å²) in [6.45, 7) is 3.42. The third kappa shape index (κ3) is 4.77. The SMILES string of the molecule is COc1ccccc1CNC(=O)COC(=O)c1ccc2c(c1)C(=O)N(c1cc(C)ccc1C)C2=O. The van der Waals surface area contributed by atoms with Crippen molar-refractivity contribution in [1.29, 1.82) is 0 Å². The van der Waals surface area contributed by atoms with Crippen LogP contribution in [0.1, 0.15) is 47.8 Å². The molecule has 0 fully saturated rings. The summed E-state index contributed by atoms with van der Waals surface area (Å²) in [5.41, 5.74) is 3.38. The minimum absolute atomic E-state index is 0.0743. The van der Waals surface area contributed by atoms with Crippen LogP contribution in [0, 0.1) is 13.8 Å². The van der Waals surface area contributed by atoms with Gasteiger partial charge in [-0.25, -0.2) is 9.69 Å². The molecule has 1 heterocycles. The van der Waals surface area contributed by atoms with E-state index in [0.29, 0.717) is 11.4 Å². The number of anilines is 1. The topological polar surface area (TPSA) is 102 Å². The van der Waals surface area contributed by atoms with E-state index in [4.69, 9.17) is 9.47 Å². The van der Waals surface area contributed by atoms with Crippen LogP contribution in [0.15, 0.2) is 60.7 Å². The van der Waals surface area contributed by atoms with Crippen LogP contribution < -0.4 is 15.0 Å². The Morgan fingerprint density at radius 2 is 1.66 bits per heavy atom. The molecule has 0 spiro atoms. The molecule has 1 aliphatic rings. The zero-order valence-electron chi connectivity index (χ0n) is 19.6. The van der Waals surface area contributed by atoms with Crippen LogP contribution in [0.3, 0.4) is 0 Å². The predicted octanol–water partition coefficient (Wildman–Crippen LogP) is 3.59. The molecule has 3 amide bonds. The van der Waals surface area contributed by atoms with E-state index in [9.17, 15) is 19.2 Å². The molecule has 1 aliphatic heterocycles. The molecule has 8 nitrogen and oxygen atoms in total. The molecule has 0 unspecified atom stereocenters. The molecule has 0 atom stereocenters. The Hall–Kier alpha value is -4.46. The van der Waals surface area contributed by atoms with E-state index in [1.807, 2.05) is 44.2 Å². The minimum Gasteiger partial charge on any atom is -0.496 e. The van der Waals surface area contributed by atoms with E-state index in [-0.39, 0.29) is 23.2 Å². The first-order chi connectivity index (χ1) is 16.8. The van der Waals surface area contributed by atoms with Crippen molar-refractivity contribution in [3.63, 3.8) is 0 Å². The largest absolute Gasteiger partial charge is 0.496 e. The fourth-order valence-corrected chi connectivity index (χ4v) is 3.86. The number of carbonyl (C=O) groups excluding carboxylic acids is 4. The van der Waals surface area contributed by atoms with Gasteiger partial charge >= 0.3 is 5.97 Å². The number of esters is 1. The maximum Gasteiger partial charge on any atom is 0.338 e. The fraction of sp³-hybridized carbons (Fsp3) is 0.185. The van der Waals surface area contributed by atoms with Gasteiger partial charge in [0.25, 0.3) is 17.7 Å². The molecule has 35 heavy (non-hydrogen) atoms. The summed E-state index contributed by atoms with van der Waals surface area (Å²) >= 11 is 0. The van der Waals surface area contributed by atoms with Crippen molar-refractivity contribution in [3.05, 3.63) is 94.0 Å². The molecule has 178 valence electrons. The molecule has 0 saturated heterocycles. The lowest BCUT2D eigenvalue weighted by molar-refractivity contribution is -0.124. The van der Waals surface area contributed by atoms with Gasteiger partial charge in [0.15, 0.2) is 6.61 Å². The summed E-state index contributed by atoms with van der Waals surface area (Å²) in [4.78, 5) is 51.8. The van der Waals surface area contributed by atoms with E-state index in [0.717, 1.165) is 21.6 Å². The average molecular weight is 472 g/mol. The molecule has 0 aliphatic carbocycles. The third-order valence-corrected chi connectivity index (χ3v) is 5.73. The Morgan fingerprint density at radius 3 is 2.43 bits per heavy atom. The number of hydrogen-bond acceptors (Lipinski definition) is 6. The van der Waals surface area contributed by atoms with Crippen LogP contribution in [0.5, 0.6) is 5.75 Å². The Kier molecular flexibility index (Phi) is 6.64. The van der Waals surface area contributed by atoms with Crippen LogP contribution in [-0.4, -0.2) is 37.4 Å². The lowest BCUT2D eigenvalue weighted by Crippen LogP contribution is -2.30. The minimum atomic E-state index is -0.773. The molecular formula is C27H24N2O6. The molecule has 0 aromatic heterocycles. The van der Waals surface area contributed by atoms with E-state index in [1.54, 1.807) is 19.2 Å². The van der Waals surface area contributed by atoms with Gasteiger partial charge in [-0.1, -0.05) is 30.3 Å². The van der Waals surface area contributed by atoms with Crippen molar-refractivity contribution < 1.29 is 28.7 Å². The maximum absolute atomic E-state index is 13.1. The number of benzene rings is 3. The molecule has 1 N–H and O–H groups in total. The van der Waals surface area contributed by atoms with Gasteiger partial charge < -0.3 is 14.8 Å². The Morgan fingerprint density at radius 1 is 0.914 bits per heavy atom. The second-order valence-electron chi connectivity index (χ2n) is 8.16. The number of fused-ring (bicyclic) bond motifs is 1. The number of nitrogens with zero attached hydrogens (tertiary/aromatic N) is 1. The highest BCUT2D eigenvalue weighted by Crippen LogP contribution is 2.32. The van der Waals surface area contributed by atoms with Gasteiger partial charge in [0.05, 0.1) is 29.5 Å². The van der Waals surface area contributed by atoms with Crippen LogP contribution in [0.4, 0.5) is 5.69 Å². The van der Waals surface area contributed by atoms with E-state index >= 15 is 0 Å². The maximum atomic E-state index is 13.1. The number of imide groups is 1. The lowest BCUT2D eigenvalue weighted by Gasteiger charge is -2.17. The number of para-hydroxylation sites is 1. The van der Waals surface area contributed by atoms with Crippen molar-refractivity contribution in [2.45, 2.75) is 20.4 Å². The second kappa shape index (κ2) is 9.80. The number of carbonyl (C=O) groups is 4. The van der Waals surface area contributed by atoms with Gasteiger partial charge in [0.1, 0.15) is 5.75 Å². The summed E-state index contributed by atoms with van der Waals surface area (Å²) in [6.07, 6.45) is 0. The highest BCUT2D eigenvalue weighted by molar-refractivity contribution is 6.35. The summed E-state index contributed by atoms with van der Waals surface area (Å²) in [5, 5.41) is 2.67. The smallest absolute Gasteiger partial charge is 0.338 e. The van der Waals surface area contributed by atoms with Gasteiger partial charge in [-0.15, -0.1) is 0 Å². The zero-order valence-corrected chi connectivity index (χ0v) is 19.6. The van der Waals surface area contributed by atoms with E-state index in [2.05, 4.69) is 5.32 Å². The molecule has 4 rings (SSSR count). The normalized spacial score (nSPS) is 12.4. The van der Waals surface area contributed by atoms with Crippen molar-refractivity contribution >= 4 is 29.4 Å². The van der Waals surface area contributed by atoms with Gasteiger partial charge in [0.2, 0.25) is 0 Å². The van der Waals surface area contributed by atoms with Gasteiger partial charge in [-0.3, -0.25) is 14.4 Å². The lowest BCUT2D eigenvalue weighted by atomic mass is 10.1. The van der Waals surface area contributed by atoms with Crippen molar-refractivity contribution in [2.24, 2.45) is 0 Å². The van der Waals surface area contributed by atoms with Crippen LogP contribution in [0.2, 0.25) is 0 Å². The molecule has 0 bridgehead atoms. The Bertz CT molecular complexity index is 1350. The van der Waals surface area contributed by atoms with Crippen LogP contribution >= 0.6 is 0 Å². The number of hydrogen-bond donors (Lipinski definition) is 1. The summed E-state index contributed by atoms with van der Waals surface area (Å²) in [7, 11) is 1.54. The number of methoxy groups -OCH3 is 1. The zero-order chi connectivity index (χ0) is 25.1. The summed E-state index contributed by atoms with van der Waals surface area (Å²) in [6, 6.07) is 16.9. The Labute approximate surface area is 202 Å². The Balaban J connectivity index is 1.42. The predicted molar refractivity (Wildman–Crippen MR) is 129 cm³/mol. The third-order valence-electron chi connectivity index (χ3n) is 5.73. The van der Waals surface area contributed by atoms with E-state index < -0.39 is 30.3 Å². The van der Waals surface area contributed by atoms with Gasteiger partial charge in [0, 0.05) is 12.1 Å². The van der Waals surface area contributed by atoms with E-state index in [1.165, 1.54) is 18.2 Å². The van der Waals surface area contributed by atoms with Gasteiger partial charge in [-0.2, -0.15) is 0 Å². The highest BCUT2D eigenvalue weighted by Gasteiger charge is 2.38. The second-order valence-corrected chi connectivity index (χ2v) is 8.16. The number of rotatable bonds is 7. The summed E-state index contributed by atoms with van der Waals surface area (Å²) in [5.74, 6) is -1.59. The molecule has 3 aromatic carbocycles. The average Bonchev–Trinajstić information content (AvgIpc) is 3.11. The first-order valence-corrected chi connectivity index (χ1v) is 11.0. The number of amides is 3. The van der Waals surface area contributed by atoms with Gasteiger partial charge in [-0.05, 0) is 55.3 Å². The molecule has 3 aromatic rings. The molecule has 8 heteroatoms. The highest BCUT2D eigenvalue weighted by atomic mass is 16.5. The standard InChI is InChI=1S/C27H24N2O6/c1-16-8-9-17(2)22(12-16)29-25(31)20-11-10-18(13-21(20)26(29)32)27(33)35-15-24(30)28-14-19-6-4-5-7-23(19)34-3/h4-13H,14-15H2,1-3H3,(H,28,30). The van der Waals surface area contributed by atoms with Crippen molar-refractivity contribution in [1.82, 2.24) is 5.32 Å². The number of nitrogens with one attached hydrogen (secondary N) is 1. The fourth-order valence-electron chi connectivity index (χ4n) is 3.86. The molecule has 0 radical (unpaired) electrons. The first kappa shape index (κ1) is 23.7. The number of ether oxygens (including phenoxy) is 2. The van der Waals surface area contributed by atoms with Crippen molar-refractivity contribution in [3.8, 4) is 5.75 Å². The summed E-state index contributed by atoms with van der Waals surface area (Å²) < 4.78 is 10.4. The van der Waals surface area contributed by atoms with Crippen LogP contribution in [0.25, 0.3) is 0 Å². The first-order valence-electron chi connectivity index (χ1n) is 11.0. The van der Waals surface area contributed by atoms with Crippen LogP contribution in [-0.2, 0) is 16.1 Å².